The standard InChI is InChI=1S/C17H21N3O3S/c1-13-7-6-9-16(14(13)2)19-17(21)12-20(24(3,22)23)11-15-8-4-5-10-18-15/h4-10H,11-12H2,1-3H3,(H,19,21). The van der Waals surface area contributed by atoms with Gasteiger partial charge in [-0.15, -0.1) is 0 Å². The minimum absolute atomic E-state index is 0.0554. The van der Waals surface area contributed by atoms with Gasteiger partial charge in [-0.2, -0.15) is 4.31 Å². The van der Waals surface area contributed by atoms with Crippen LogP contribution in [0.15, 0.2) is 42.6 Å². The number of hydrogen-bond acceptors (Lipinski definition) is 4. The maximum atomic E-state index is 12.3. The number of anilines is 1. The molecule has 2 aromatic rings. The molecule has 0 radical (unpaired) electrons. The molecule has 1 N–H and O–H groups in total. The summed E-state index contributed by atoms with van der Waals surface area (Å²) in [6.45, 7) is 3.66. The second-order valence-electron chi connectivity index (χ2n) is 5.65. The number of amides is 1. The van der Waals surface area contributed by atoms with Crippen LogP contribution in [0.4, 0.5) is 5.69 Å². The summed E-state index contributed by atoms with van der Waals surface area (Å²) >= 11 is 0. The molecule has 1 aromatic heterocycles. The van der Waals surface area contributed by atoms with Gasteiger partial charge in [-0.05, 0) is 43.2 Å². The van der Waals surface area contributed by atoms with Gasteiger partial charge in [-0.25, -0.2) is 8.42 Å². The van der Waals surface area contributed by atoms with Crippen molar-refractivity contribution in [2.75, 3.05) is 18.1 Å². The lowest BCUT2D eigenvalue weighted by Crippen LogP contribution is -2.37. The van der Waals surface area contributed by atoms with Crippen LogP contribution in [0.3, 0.4) is 0 Å². The summed E-state index contributed by atoms with van der Waals surface area (Å²) in [5.74, 6) is -0.384. The van der Waals surface area contributed by atoms with E-state index in [1.54, 1.807) is 30.5 Å². The Bertz CT molecular complexity index is 820. The summed E-state index contributed by atoms with van der Waals surface area (Å²) in [4.78, 5) is 16.4. The van der Waals surface area contributed by atoms with Crippen LogP contribution in [-0.4, -0.2) is 36.4 Å². The van der Waals surface area contributed by atoms with Crippen molar-refractivity contribution in [3.63, 3.8) is 0 Å². The van der Waals surface area contributed by atoms with Gasteiger partial charge in [-0.1, -0.05) is 18.2 Å². The molecule has 1 aromatic carbocycles. The van der Waals surface area contributed by atoms with Crippen LogP contribution in [0.1, 0.15) is 16.8 Å². The number of nitrogens with zero attached hydrogens (tertiary/aromatic N) is 2. The van der Waals surface area contributed by atoms with Gasteiger partial charge < -0.3 is 5.32 Å². The van der Waals surface area contributed by atoms with Crippen LogP contribution >= 0.6 is 0 Å². The lowest BCUT2D eigenvalue weighted by Gasteiger charge is -2.19. The van der Waals surface area contributed by atoms with Gasteiger partial charge in [0.25, 0.3) is 0 Å². The molecule has 1 heterocycles. The maximum absolute atomic E-state index is 12.3. The van der Waals surface area contributed by atoms with Gasteiger partial charge in [0.2, 0.25) is 15.9 Å². The smallest absolute Gasteiger partial charge is 0.239 e. The molecule has 6 nitrogen and oxygen atoms in total. The Morgan fingerprint density at radius 3 is 2.54 bits per heavy atom. The van der Waals surface area contributed by atoms with Crippen LogP contribution in [0.2, 0.25) is 0 Å². The Morgan fingerprint density at radius 2 is 1.92 bits per heavy atom. The van der Waals surface area contributed by atoms with Crippen molar-refractivity contribution < 1.29 is 13.2 Å². The minimum Gasteiger partial charge on any atom is -0.325 e. The highest BCUT2D eigenvalue weighted by atomic mass is 32.2. The SMILES string of the molecule is Cc1cccc(NC(=O)CN(Cc2ccccn2)S(C)(=O)=O)c1C. The Labute approximate surface area is 142 Å². The molecule has 0 unspecified atom stereocenters. The Kier molecular flexibility index (Phi) is 5.69. The Morgan fingerprint density at radius 1 is 1.17 bits per heavy atom. The molecule has 0 bridgehead atoms. The van der Waals surface area contributed by atoms with Crippen LogP contribution in [0.5, 0.6) is 0 Å². The molecule has 0 saturated heterocycles. The third-order valence-electron chi connectivity index (χ3n) is 3.73. The largest absolute Gasteiger partial charge is 0.325 e. The zero-order valence-corrected chi connectivity index (χ0v) is 14.8. The molecule has 0 saturated carbocycles. The quantitative estimate of drug-likeness (QED) is 0.868. The summed E-state index contributed by atoms with van der Waals surface area (Å²) in [5, 5.41) is 2.77. The highest BCUT2D eigenvalue weighted by Crippen LogP contribution is 2.18. The molecule has 128 valence electrons. The van der Waals surface area contributed by atoms with Gasteiger partial charge in [-0.3, -0.25) is 9.78 Å². The monoisotopic (exact) mass is 347 g/mol. The molecule has 0 fully saturated rings. The number of aryl methyl sites for hydroxylation is 1. The molecule has 0 atom stereocenters. The summed E-state index contributed by atoms with van der Waals surface area (Å²) in [7, 11) is -3.54. The first-order chi connectivity index (χ1) is 11.3. The highest BCUT2D eigenvalue weighted by molar-refractivity contribution is 7.88. The number of carbonyl (C=O) groups is 1. The van der Waals surface area contributed by atoms with E-state index in [4.69, 9.17) is 0 Å². The van der Waals surface area contributed by atoms with Gasteiger partial charge in [0.1, 0.15) is 0 Å². The third kappa shape index (κ3) is 4.87. The van der Waals surface area contributed by atoms with Crippen LogP contribution in [0.25, 0.3) is 0 Å². The minimum atomic E-state index is -3.54. The van der Waals surface area contributed by atoms with E-state index in [0.29, 0.717) is 11.4 Å². The number of benzene rings is 1. The van der Waals surface area contributed by atoms with Crippen molar-refractivity contribution >= 4 is 21.6 Å². The fraction of sp³-hybridized carbons (Fsp3) is 0.294. The summed E-state index contributed by atoms with van der Waals surface area (Å²) < 4.78 is 25.0. The number of aromatic nitrogens is 1. The van der Waals surface area contributed by atoms with Gasteiger partial charge in [0.15, 0.2) is 0 Å². The van der Waals surface area contributed by atoms with Gasteiger partial charge >= 0.3 is 0 Å². The summed E-state index contributed by atoms with van der Waals surface area (Å²) in [6, 6.07) is 10.8. The summed E-state index contributed by atoms with van der Waals surface area (Å²) in [6.07, 6.45) is 2.67. The molecule has 24 heavy (non-hydrogen) atoms. The van der Waals surface area contributed by atoms with E-state index >= 15 is 0 Å². The van der Waals surface area contributed by atoms with E-state index in [9.17, 15) is 13.2 Å². The third-order valence-corrected chi connectivity index (χ3v) is 4.93. The second kappa shape index (κ2) is 7.55. The van der Waals surface area contributed by atoms with E-state index in [0.717, 1.165) is 21.7 Å². The highest BCUT2D eigenvalue weighted by Gasteiger charge is 2.21. The molecule has 0 aliphatic rings. The Balaban J connectivity index is 2.12. The van der Waals surface area contributed by atoms with Gasteiger partial charge in [0, 0.05) is 11.9 Å². The van der Waals surface area contributed by atoms with Crippen molar-refractivity contribution in [3.05, 3.63) is 59.4 Å². The predicted octanol–water partition coefficient (Wildman–Crippen LogP) is 2.10. The molecule has 0 aliphatic carbocycles. The lowest BCUT2D eigenvalue weighted by molar-refractivity contribution is -0.116. The van der Waals surface area contributed by atoms with E-state index in [1.165, 1.54) is 0 Å². The van der Waals surface area contributed by atoms with Crippen LogP contribution in [-0.2, 0) is 21.4 Å². The maximum Gasteiger partial charge on any atom is 0.239 e. The fourth-order valence-electron chi connectivity index (χ4n) is 2.20. The second-order valence-corrected chi connectivity index (χ2v) is 7.63. The normalized spacial score (nSPS) is 11.5. The first-order valence-corrected chi connectivity index (χ1v) is 9.33. The molecule has 1 amide bonds. The average Bonchev–Trinajstić information content (AvgIpc) is 2.51. The molecular formula is C17H21N3O3S. The van der Waals surface area contributed by atoms with E-state index in [-0.39, 0.29) is 19.0 Å². The Hall–Kier alpha value is -2.25. The fourth-order valence-corrected chi connectivity index (χ4v) is 2.92. The van der Waals surface area contributed by atoms with Crippen molar-refractivity contribution in [3.8, 4) is 0 Å². The average molecular weight is 347 g/mol. The zero-order chi connectivity index (χ0) is 17.7. The number of sulfonamides is 1. The zero-order valence-electron chi connectivity index (χ0n) is 14.0. The molecule has 0 spiro atoms. The van der Waals surface area contributed by atoms with Crippen molar-refractivity contribution in [1.82, 2.24) is 9.29 Å². The van der Waals surface area contributed by atoms with Crippen LogP contribution < -0.4 is 5.32 Å². The number of hydrogen-bond donors (Lipinski definition) is 1. The topological polar surface area (TPSA) is 79.4 Å². The first kappa shape index (κ1) is 18.1. The van der Waals surface area contributed by atoms with E-state index < -0.39 is 10.0 Å². The van der Waals surface area contributed by atoms with Crippen molar-refractivity contribution in [1.29, 1.82) is 0 Å². The molecular weight excluding hydrogens is 326 g/mol. The first-order valence-electron chi connectivity index (χ1n) is 7.48. The van der Waals surface area contributed by atoms with Crippen molar-refractivity contribution in [2.45, 2.75) is 20.4 Å². The number of carbonyl (C=O) groups excluding carboxylic acids is 1. The molecule has 7 heteroatoms. The van der Waals surface area contributed by atoms with Crippen molar-refractivity contribution in [2.24, 2.45) is 0 Å². The van der Waals surface area contributed by atoms with Crippen LogP contribution in [0, 0.1) is 13.8 Å². The number of nitrogens with one attached hydrogen (secondary N) is 1. The van der Waals surface area contributed by atoms with Gasteiger partial charge in [0.05, 0.1) is 25.0 Å². The predicted molar refractivity (Wildman–Crippen MR) is 94.0 cm³/mol. The lowest BCUT2D eigenvalue weighted by atomic mass is 10.1. The number of pyridine rings is 1. The number of rotatable bonds is 6. The van der Waals surface area contributed by atoms with E-state index in [2.05, 4.69) is 10.3 Å². The molecule has 2 rings (SSSR count). The molecule has 0 aliphatic heterocycles. The summed E-state index contributed by atoms with van der Waals surface area (Å²) in [5.41, 5.74) is 3.29. The van der Waals surface area contributed by atoms with E-state index in [1.807, 2.05) is 26.0 Å².